The first-order valence-corrected chi connectivity index (χ1v) is 5.81. The normalized spacial score (nSPS) is 10.5. The van der Waals surface area contributed by atoms with Gasteiger partial charge in [-0.2, -0.15) is 5.10 Å². The van der Waals surface area contributed by atoms with E-state index in [4.69, 9.17) is 0 Å². The number of amides is 1. The quantitative estimate of drug-likeness (QED) is 0.757. The van der Waals surface area contributed by atoms with E-state index >= 15 is 0 Å². The molecule has 3 aromatic rings. The largest absolute Gasteiger partial charge is 0.345 e. The molecular weight excluding hydrogens is 242 g/mol. The SMILES string of the molecule is O=C(NCc1ccccn1)c1ncnn2cccc12. The first kappa shape index (κ1) is 11.3. The van der Waals surface area contributed by atoms with Crippen molar-refractivity contribution in [2.75, 3.05) is 0 Å². The van der Waals surface area contributed by atoms with Crippen molar-refractivity contribution < 1.29 is 4.79 Å². The molecule has 0 aromatic carbocycles. The zero-order chi connectivity index (χ0) is 13.1. The highest BCUT2D eigenvalue weighted by Gasteiger charge is 2.12. The summed E-state index contributed by atoms with van der Waals surface area (Å²) in [5, 5.41) is 6.81. The van der Waals surface area contributed by atoms with Crippen molar-refractivity contribution >= 4 is 11.4 Å². The number of aromatic nitrogens is 4. The Hall–Kier alpha value is -2.76. The van der Waals surface area contributed by atoms with Gasteiger partial charge in [0.2, 0.25) is 0 Å². The summed E-state index contributed by atoms with van der Waals surface area (Å²) in [4.78, 5) is 20.3. The van der Waals surface area contributed by atoms with E-state index in [1.54, 1.807) is 23.0 Å². The molecule has 6 nitrogen and oxygen atoms in total. The van der Waals surface area contributed by atoms with Gasteiger partial charge in [-0.15, -0.1) is 0 Å². The minimum Gasteiger partial charge on any atom is -0.345 e. The predicted molar refractivity (Wildman–Crippen MR) is 68.4 cm³/mol. The molecular formula is C13H11N5O. The van der Waals surface area contributed by atoms with Gasteiger partial charge in [-0.25, -0.2) is 9.50 Å². The molecule has 0 aliphatic rings. The molecule has 0 spiro atoms. The lowest BCUT2D eigenvalue weighted by atomic mass is 10.3. The molecule has 0 fully saturated rings. The fraction of sp³-hybridized carbons (Fsp3) is 0.0769. The zero-order valence-corrected chi connectivity index (χ0v) is 10.0. The van der Waals surface area contributed by atoms with Crippen LogP contribution in [0.2, 0.25) is 0 Å². The molecule has 0 saturated carbocycles. The fourth-order valence-corrected chi connectivity index (χ4v) is 1.80. The van der Waals surface area contributed by atoms with Gasteiger partial charge in [-0.3, -0.25) is 9.78 Å². The Balaban J connectivity index is 1.79. The Morgan fingerprint density at radius 1 is 1.21 bits per heavy atom. The average molecular weight is 253 g/mol. The van der Waals surface area contributed by atoms with Crippen molar-refractivity contribution in [1.29, 1.82) is 0 Å². The van der Waals surface area contributed by atoms with Gasteiger partial charge in [0.15, 0.2) is 5.69 Å². The molecule has 19 heavy (non-hydrogen) atoms. The molecule has 94 valence electrons. The van der Waals surface area contributed by atoms with Crippen LogP contribution in [0.5, 0.6) is 0 Å². The molecule has 0 atom stereocenters. The maximum atomic E-state index is 12.1. The predicted octanol–water partition coefficient (Wildman–Crippen LogP) is 1.05. The summed E-state index contributed by atoms with van der Waals surface area (Å²) in [7, 11) is 0. The van der Waals surface area contributed by atoms with Crippen LogP contribution in [-0.2, 0) is 6.54 Å². The summed E-state index contributed by atoms with van der Waals surface area (Å²) in [6.07, 6.45) is 4.83. The lowest BCUT2D eigenvalue weighted by Crippen LogP contribution is -2.25. The lowest BCUT2D eigenvalue weighted by molar-refractivity contribution is 0.0946. The third-order valence-electron chi connectivity index (χ3n) is 2.70. The molecule has 0 aliphatic carbocycles. The van der Waals surface area contributed by atoms with Gasteiger partial charge in [0.05, 0.1) is 17.8 Å². The first-order chi connectivity index (χ1) is 9.34. The van der Waals surface area contributed by atoms with Gasteiger partial charge in [0, 0.05) is 12.4 Å². The third-order valence-corrected chi connectivity index (χ3v) is 2.70. The number of nitrogens with zero attached hydrogens (tertiary/aromatic N) is 4. The monoisotopic (exact) mass is 253 g/mol. The minimum atomic E-state index is -0.239. The Kier molecular flexibility index (Phi) is 2.89. The van der Waals surface area contributed by atoms with Crippen LogP contribution >= 0.6 is 0 Å². The summed E-state index contributed by atoms with van der Waals surface area (Å²) in [6, 6.07) is 9.19. The van der Waals surface area contributed by atoms with E-state index in [9.17, 15) is 4.79 Å². The highest BCUT2D eigenvalue weighted by Crippen LogP contribution is 2.07. The van der Waals surface area contributed by atoms with Crippen LogP contribution in [0.1, 0.15) is 16.2 Å². The van der Waals surface area contributed by atoms with Crippen molar-refractivity contribution in [3.8, 4) is 0 Å². The molecule has 0 aliphatic heterocycles. The average Bonchev–Trinajstić information content (AvgIpc) is 2.94. The third kappa shape index (κ3) is 2.28. The summed E-state index contributed by atoms with van der Waals surface area (Å²) >= 11 is 0. The number of pyridine rings is 1. The molecule has 3 rings (SSSR count). The van der Waals surface area contributed by atoms with E-state index in [2.05, 4.69) is 20.4 Å². The van der Waals surface area contributed by atoms with Crippen molar-refractivity contribution in [3.05, 3.63) is 60.4 Å². The highest BCUT2D eigenvalue weighted by atomic mass is 16.1. The molecule has 1 amide bonds. The topological polar surface area (TPSA) is 72.2 Å². The standard InChI is InChI=1S/C13H11N5O/c19-13(15-8-10-4-1-2-6-14-10)12-11-5-3-7-18(11)17-9-16-12/h1-7,9H,8H2,(H,15,19). The van der Waals surface area contributed by atoms with Crippen LogP contribution in [0.4, 0.5) is 0 Å². The van der Waals surface area contributed by atoms with E-state index in [0.29, 0.717) is 17.8 Å². The van der Waals surface area contributed by atoms with E-state index < -0.39 is 0 Å². The summed E-state index contributed by atoms with van der Waals surface area (Å²) in [5.41, 5.74) is 1.84. The van der Waals surface area contributed by atoms with E-state index in [0.717, 1.165) is 5.69 Å². The van der Waals surface area contributed by atoms with E-state index in [1.165, 1.54) is 6.33 Å². The number of fused-ring (bicyclic) bond motifs is 1. The highest BCUT2D eigenvalue weighted by molar-refractivity contribution is 5.98. The number of carbonyl (C=O) groups is 1. The summed E-state index contributed by atoms with van der Waals surface area (Å²) in [6.45, 7) is 0.372. The van der Waals surface area contributed by atoms with Crippen LogP contribution in [0, 0.1) is 0 Å². The molecule has 3 aromatic heterocycles. The molecule has 6 heteroatoms. The van der Waals surface area contributed by atoms with Crippen LogP contribution in [0.25, 0.3) is 5.52 Å². The minimum absolute atomic E-state index is 0.239. The van der Waals surface area contributed by atoms with Crippen molar-refractivity contribution in [2.24, 2.45) is 0 Å². The lowest BCUT2D eigenvalue weighted by Gasteiger charge is -2.05. The Morgan fingerprint density at radius 2 is 2.16 bits per heavy atom. The van der Waals surface area contributed by atoms with Gasteiger partial charge in [-0.1, -0.05) is 6.07 Å². The molecule has 0 saturated heterocycles. The molecule has 0 unspecified atom stereocenters. The van der Waals surface area contributed by atoms with Crippen LogP contribution in [0.15, 0.2) is 49.1 Å². The van der Waals surface area contributed by atoms with Crippen LogP contribution in [0.3, 0.4) is 0 Å². The Bertz CT molecular complexity index is 707. The van der Waals surface area contributed by atoms with Crippen LogP contribution < -0.4 is 5.32 Å². The van der Waals surface area contributed by atoms with Gasteiger partial charge in [0.1, 0.15) is 6.33 Å². The summed E-state index contributed by atoms with van der Waals surface area (Å²) < 4.78 is 1.61. The molecule has 3 heterocycles. The van der Waals surface area contributed by atoms with Crippen molar-refractivity contribution in [3.63, 3.8) is 0 Å². The second-order valence-electron chi connectivity index (χ2n) is 3.95. The molecule has 0 bridgehead atoms. The zero-order valence-electron chi connectivity index (χ0n) is 10.0. The smallest absolute Gasteiger partial charge is 0.272 e. The van der Waals surface area contributed by atoms with Gasteiger partial charge in [-0.05, 0) is 24.3 Å². The number of carbonyl (C=O) groups excluding carboxylic acids is 1. The summed E-state index contributed by atoms with van der Waals surface area (Å²) in [5.74, 6) is -0.239. The van der Waals surface area contributed by atoms with Gasteiger partial charge < -0.3 is 5.32 Å². The van der Waals surface area contributed by atoms with E-state index in [-0.39, 0.29) is 5.91 Å². The van der Waals surface area contributed by atoms with E-state index in [1.807, 2.05) is 24.3 Å². The maximum Gasteiger partial charge on any atom is 0.272 e. The van der Waals surface area contributed by atoms with Crippen LogP contribution in [-0.4, -0.2) is 25.5 Å². The van der Waals surface area contributed by atoms with Gasteiger partial charge >= 0.3 is 0 Å². The Morgan fingerprint density at radius 3 is 3.00 bits per heavy atom. The number of rotatable bonds is 3. The maximum absolute atomic E-state index is 12.1. The number of hydrogen-bond donors (Lipinski definition) is 1. The second-order valence-corrected chi connectivity index (χ2v) is 3.95. The Labute approximate surface area is 109 Å². The first-order valence-electron chi connectivity index (χ1n) is 5.81. The molecule has 1 N–H and O–H groups in total. The van der Waals surface area contributed by atoms with Gasteiger partial charge in [0.25, 0.3) is 5.91 Å². The number of nitrogens with one attached hydrogen (secondary N) is 1. The van der Waals surface area contributed by atoms with Crippen molar-refractivity contribution in [2.45, 2.75) is 6.54 Å². The second kappa shape index (κ2) is 4.85. The fourth-order valence-electron chi connectivity index (χ4n) is 1.80. The molecule has 0 radical (unpaired) electrons. The van der Waals surface area contributed by atoms with Crippen molar-refractivity contribution in [1.82, 2.24) is 24.9 Å². The number of hydrogen-bond acceptors (Lipinski definition) is 4.